The average Bonchev–Trinajstić information content (AvgIpc) is 3.23. The van der Waals surface area contributed by atoms with Crippen molar-refractivity contribution in [2.45, 2.75) is 6.04 Å². The fourth-order valence-corrected chi connectivity index (χ4v) is 4.61. The molecule has 0 N–H and O–H groups in total. The number of para-hydroxylation sites is 3. The van der Waals surface area contributed by atoms with Crippen LogP contribution in [0, 0.1) is 5.92 Å². The third kappa shape index (κ3) is 2.56. The Kier molecular flexibility index (Phi) is 3.89. The van der Waals surface area contributed by atoms with Gasteiger partial charge in [-0.1, -0.05) is 48.5 Å². The van der Waals surface area contributed by atoms with Crippen LogP contribution in [0.5, 0.6) is 0 Å². The summed E-state index contributed by atoms with van der Waals surface area (Å²) >= 11 is 0. The first-order valence-electron chi connectivity index (χ1n) is 10.2. The van der Waals surface area contributed by atoms with Crippen LogP contribution in [-0.4, -0.2) is 13.2 Å². The second-order valence-electron chi connectivity index (χ2n) is 7.75. The first kappa shape index (κ1) is 17.3. The molecule has 0 aliphatic carbocycles. The Balaban J connectivity index is 1.60. The molecule has 0 radical (unpaired) electrons. The lowest BCUT2D eigenvalue weighted by molar-refractivity contribution is 0.154. The van der Waals surface area contributed by atoms with Crippen molar-refractivity contribution in [3.8, 4) is 0 Å². The standard InChI is InChI=1S/C25H20N2O3/c28-24-20-13-7-8-14-21(20)30-25-22(24)23-17(15-26(25)18-9-3-1-4-10-18)16-29-27(23)19-11-5-2-6-12-19/h1-14,17,23H,15-16H2/t17-,23+/m0/s1. The van der Waals surface area contributed by atoms with E-state index in [1.54, 1.807) is 0 Å². The van der Waals surface area contributed by atoms with Gasteiger partial charge in [0.2, 0.25) is 5.88 Å². The highest BCUT2D eigenvalue weighted by atomic mass is 16.7. The fraction of sp³-hybridized carbons (Fsp3) is 0.160. The van der Waals surface area contributed by atoms with Gasteiger partial charge in [-0.25, -0.2) is 5.06 Å². The van der Waals surface area contributed by atoms with E-state index in [0.29, 0.717) is 35.6 Å². The van der Waals surface area contributed by atoms with E-state index >= 15 is 0 Å². The van der Waals surface area contributed by atoms with Gasteiger partial charge < -0.3 is 9.32 Å². The Morgan fingerprint density at radius 2 is 1.47 bits per heavy atom. The van der Waals surface area contributed by atoms with E-state index in [0.717, 1.165) is 11.4 Å². The monoisotopic (exact) mass is 396 g/mol. The first-order valence-corrected chi connectivity index (χ1v) is 10.2. The number of rotatable bonds is 2. The summed E-state index contributed by atoms with van der Waals surface area (Å²) in [5, 5.41) is 2.49. The highest BCUT2D eigenvalue weighted by Crippen LogP contribution is 2.47. The Hall–Kier alpha value is -3.57. The van der Waals surface area contributed by atoms with Crippen LogP contribution in [0.15, 0.2) is 94.1 Å². The first-order chi connectivity index (χ1) is 14.8. The molecule has 2 aliphatic heterocycles. The maximum Gasteiger partial charge on any atom is 0.209 e. The summed E-state index contributed by atoms with van der Waals surface area (Å²) in [6.07, 6.45) is 0. The van der Waals surface area contributed by atoms with Crippen LogP contribution >= 0.6 is 0 Å². The summed E-state index contributed by atoms with van der Waals surface area (Å²) in [6.45, 7) is 1.26. The highest BCUT2D eigenvalue weighted by Gasteiger charge is 2.46. The molecule has 3 aromatic carbocycles. The number of nitrogens with zero attached hydrogens (tertiary/aromatic N) is 2. The molecule has 3 heterocycles. The molecule has 1 aromatic heterocycles. The summed E-state index contributed by atoms with van der Waals surface area (Å²) < 4.78 is 6.37. The second-order valence-corrected chi connectivity index (χ2v) is 7.75. The lowest BCUT2D eigenvalue weighted by Crippen LogP contribution is -2.40. The summed E-state index contributed by atoms with van der Waals surface area (Å²) in [6, 6.07) is 27.3. The number of hydrogen-bond donors (Lipinski definition) is 0. The molecule has 0 unspecified atom stereocenters. The van der Waals surface area contributed by atoms with Crippen molar-refractivity contribution < 1.29 is 9.25 Å². The Bertz CT molecular complexity index is 1270. The van der Waals surface area contributed by atoms with Crippen LogP contribution in [0.4, 0.5) is 17.3 Å². The van der Waals surface area contributed by atoms with E-state index in [4.69, 9.17) is 9.25 Å². The zero-order chi connectivity index (χ0) is 20.1. The molecule has 0 spiro atoms. The third-order valence-electron chi connectivity index (χ3n) is 5.98. The normalized spacial score (nSPS) is 20.3. The summed E-state index contributed by atoms with van der Waals surface area (Å²) in [7, 11) is 0. The molecule has 4 aromatic rings. The maximum absolute atomic E-state index is 13.7. The quantitative estimate of drug-likeness (QED) is 0.474. The molecule has 2 aliphatic rings. The van der Waals surface area contributed by atoms with Crippen LogP contribution in [0.1, 0.15) is 11.6 Å². The van der Waals surface area contributed by atoms with Gasteiger partial charge >= 0.3 is 0 Å². The molecular formula is C25H20N2O3. The molecule has 0 bridgehead atoms. The van der Waals surface area contributed by atoms with E-state index < -0.39 is 0 Å². The SMILES string of the molecule is O=c1c2c(oc3ccccc13)N(c1ccccc1)C[C@H]1CON(c3ccccc3)[C@@H]21. The summed E-state index contributed by atoms with van der Waals surface area (Å²) in [5.41, 5.74) is 3.22. The Morgan fingerprint density at radius 1 is 0.800 bits per heavy atom. The molecule has 5 nitrogen and oxygen atoms in total. The van der Waals surface area contributed by atoms with Crippen LogP contribution in [0.3, 0.4) is 0 Å². The van der Waals surface area contributed by atoms with Crippen molar-refractivity contribution in [3.63, 3.8) is 0 Å². The molecule has 0 amide bonds. The predicted molar refractivity (Wildman–Crippen MR) is 117 cm³/mol. The molecule has 1 fully saturated rings. The molecule has 5 heteroatoms. The number of hydrogen-bond acceptors (Lipinski definition) is 5. The second kappa shape index (κ2) is 6.75. The Labute approximate surface area is 173 Å². The van der Waals surface area contributed by atoms with E-state index in [-0.39, 0.29) is 17.4 Å². The minimum atomic E-state index is -0.191. The smallest absolute Gasteiger partial charge is 0.209 e. The highest BCUT2D eigenvalue weighted by molar-refractivity contribution is 5.81. The molecule has 30 heavy (non-hydrogen) atoms. The topological polar surface area (TPSA) is 45.9 Å². The molecule has 2 atom stereocenters. The van der Waals surface area contributed by atoms with E-state index in [1.807, 2.05) is 90.0 Å². The zero-order valence-electron chi connectivity index (χ0n) is 16.3. The molecule has 6 rings (SSSR count). The fourth-order valence-electron chi connectivity index (χ4n) is 4.61. The number of fused-ring (bicyclic) bond motifs is 4. The predicted octanol–water partition coefficient (Wildman–Crippen LogP) is 5.05. The van der Waals surface area contributed by atoms with E-state index in [2.05, 4.69) is 4.90 Å². The summed E-state index contributed by atoms with van der Waals surface area (Å²) in [4.78, 5) is 21.9. The molecule has 0 saturated carbocycles. The molecule has 148 valence electrons. The maximum atomic E-state index is 13.7. The van der Waals surface area contributed by atoms with Gasteiger partial charge in [0.15, 0.2) is 5.43 Å². The Morgan fingerprint density at radius 3 is 2.23 bits per heavy atom. The molecule has 1 saturated heterocycles. The van der Waals surface area contributed by atoms with Gasteiger partial charge in [-0.15, -0.1) is 0 Å². The van der Waals surface area contributed by atoms with Gasteiger partial charge in [-0.3, -0.25) is 9.63 Å². The minimum absolute atomic E-state index is 0.00825. The number of anilines is 3. The van der Waals surface area contributed by atoms with Crippen LogP contribution < -0.4 is 15.4 Å². The van der Waals surface area contributed by atoms with Gasteiger partial charge in [-0.05, 0) is 36.4 Å². The van der Waals surface area contributed by atoms with Crippen molar-refractivity contribution in [1.29, 1.82) is 0 Å². The van der Waals surface area contributed by atoms with Crippen LogP contribution in [-0.2, 0) is 4.84 Å². The van der Waals surface area contributed by atoms with Crippen molar-refractivity contribution in [3.05, 3.63) is 101 Å². The van der Waals surface area contributed by atoms with E-state index in [9.17, 15) is 4.79 Å². The minimum Gasteiger partial charge on any atom is -0.440 e. The van der Waals surface area contributed by atoms with Gasteiger partial charge in [0.05, 0.1) is 29.3 Å². The zero-order valence-corrected chi connectivity index (χ0v) is 16.3. The van der Waals surface area contributed by atoms with Crippen molar-refractivity contribution >= 4 is 28.2 Å². The largest absolute Gasteiger partial charge is 0.440 e. The van der Waals surface area contributed by atoms with Crippen molar-refractivity contribution in [2.24, 2.45) is 5.92 Å². The number of benzene rings is 3. The average molecular weight is 396 g/mol. The van der Waals surface area contributed by atoms with Gasteiger partial charge in [0, 0.05) is 18.2 Å². The van der Waals surface area contributed by atoms with Gasteiger partial charge in [0.1, 0.15) is 5.58 Å². The van der Waals surface area contributed by atoms with Gasteiger partial charge in [-0.2, -0.15) is 0 Å². The van der Waals surface area contributed by atoms with Crippen LogP contribution in [0.25, 0.3) is 11.0 Å². The van der Waals surface area contributed by atoms with Gasteiger partial charge in [0.25, 0.3) is 0 Å². The molecular weight excluding hydrogens is 376 g/mol. The van der Waals surface area contributed by atoms with Crippen LogP contribution in [0.2, 0.25) is 0 Å². The number of hydroxylamine groups is 1. The van der Waals surface area contributed by atoms with Crippen molar-refractivity contribution in [2.75, 3.05) is 23.1 Å². The lowest BCUT2D eigenvalue weighted by Gasteiger charge is -2.37. The third-order valence-corrected chi connectivity index (χ3v) is 5.98. The van der Waals surface area contributed by atoms with E-state index in [1.165, 1.54) is 0 Å². The summed E-state index contributed by atoms with van der Waals surface area (Å²) in [5.74, 6) is 0.750. The lowest BCUT2D eigenvalue weighted by atomic mass is 9.89. The van der Waals surface area contributed by atoms with Crippen molar-refractivity contribution in [1.82, 2.24) is 0 Å².